The highest BCUT2D eigenvalue weighted by Gasteiger charge is 2.34. The Balaban J connectivity index is 1.30. The fraction of sp³-hybridized carbons (Fsp3) is 0.310. The third-order valence-electron chi connectivity index (χ3n) is 7.66. The highest BCUT2D eigenvalue weighted by Crippen LogP contribution is 2.32. The molecule has 11 heteroatoms. The molecular weight excluding hydrogens is 511 g/mol. The van der Waals surface area contributed by atoms with Gasteiger partial charge in [0.05, 0.1) is 25.0 Å². The molecule has 2 N–H and O–H groups in total. The van der Waals surface area contributed by atoms with Crippen LogP contribution in [0, 0.1) is 18.2 Å². The van der Waals surface area contributed by atoms with Gasteiger partial charge in [0.1, 0.15) is 18.2 Å². The number of terminal acetylenes is 1. The van der Waals surface area contributed by atoms with Crippen molar-refractivity contribution < 1.29 is 14.2 Å². The van der Waals surface area contributed by atoms with E-state index in [2.05, 4.69) is 26.2 Å². The number of hydrogen-bond acceptors (Lipinski definition) is 8. The van der Waals surface area contributed by atoms with E-state index in [1.807, 2.05) is 16.8 Å². The number of halogens is 1. The van der Waals surface area contributed by atoms with Crippen LogP contribution in [0.1, 0.15) is 24.0 Å². The van der Waals surface area contributed by atoms with Gasteiger partial charge in [0.25, 0.3) is 0 Å². The van der Waals surface area contributed by atoms with Gasteiger partial charge in [-0.1, -0.05) is 12.0 Å². The Kier molecular flexibility index (Phi) is 5.97. The number of phenols is 1. The predicted molar refractivity (Wildman–Crippen MR) is 148 cm³/mol. The van der Waals surface area contributed by atoms with Gasteiger partial charge in [-0.2, -0.15) is 15.1 Å². The molecule has 0 saturated carbocycles. The Labute approximate surface area is 229 Å². The maximum absolute atomic E-state index is 14.7. The Morgan fingerprint density at radius 1 is 1.18 bits per heavy atom. The van der Waals surface area contributed by atoms with E-state index in [0.29, 0.717) is 64.6 Å². The summed E-state index contributed by atoms with van der Waals surface area (Å²) in [6, 6.07) is 8.79. The number of aromatic hydroxyl groups is 1. The molecule has 2 saturated heterocycles. The van der Waals surface area contributed by atoms with Crippen molar-refractivity contribution in [3.8, 4) is 24.0 Å². The van der Waals surface area contributed by atoms with Gasteiger partial charge in [-0.3, -0.25) is 4.68 Å². The molecule has 0 aliphatic carbocycles. The van der Waals surface area contributed by atoms with Crippen LogP contribution < -0.4 is 15.0 Å². The van der Waals surface area contributed by atoms with E-state index in [1.165, 1.54) is 6.07 Å². The largest absolute Gasteiger partial charge is 0.508 e. The zero-order valence-corrected chi connectivity index (χ0v) is 21.7. The number of imidazole rings is 1. The molecule has 2 fully saturated rings. The smallest absolute Gasteiger partial charge is 0.247 e. The number of nitrogens with zero attached hydrogens (tertiary/aromatic N) is 7. The van der Waals surface area contributed by atoms with Gasteiger partial charge in [0.2, 0.25) is 11.8 Å². The Morgan fingerprint density at radius 2 is 2.02 bits per heavy atom. The quantitative estimate of drug-likeness (QED) is 0.305. The molecule has 0 amide bonds. The summed E-state index contributed by atoms with van der Waals surface area (Å²) in [5, 5.41) is 19.5. The molecule has 5 heterocycles. The fourth-order valence-corrected chi connectivity index (χ4v) is 5.85. The SMILES string of the molecule is C#Cc1c(F)ccc2cc(O)cc(Cn3cnc4c(OCCn5cccn5)nc(N5C[C@H]6CC[C@@H](C5)N6)nc43)c12. The lowest BCUT2D eigenvalue weighted by Gasteiger charge is -2.32. The predicted octanol–water partition coefficient (Wildman–Crippen LogP) is 3.07. The lowest BCUT2D eigenvalue weighted by molar-refractivity contribution is 0.283. The number of ether oxygens (including phenoxy) is 1. The number of anilines is 1. The first-order chi connectivity index (χ1) is 19.6. The molecule has 202 valence electrons. The third kappa shape index (κ3) is 4.36. The minimum Gasteiger partial charge on any atom is -0.508 e. The second kappa shape index (κ2) is 9.81. The maximum Gasteiger partial charge on any atom is 0.247 e. The molecule has 0 spiro atoms. The molecule has 2 bridgehead atoms. The van der Waals surface area contributed by atoms with Crippen molar-refractivity contribution in [2.45, 2.75) is 38.0 Å². The fourth-order valence-electron chi connectivity index (χ4n) is 5.85. The van der Waals surface area contributed by atoms with Crippen molar-refractivity contribution in [3.05, 3.63) is 66.0 Å². The Hall–Kier alpha value is -4.69. The summed E-state index contributed by atoms with van der Waals surface area (Å²) in [5.41, 5.74) is 1.92. The van der Waals surface area contributed by atoms with Gasteiger partial charge >= 0.3 is 0 Å². The Morgan fingerprint density at radius 3 is 2.80 bits per heavy atom. The number of benzene rings is 2. The average molecular weight is 539 g/mol. The van der Waals surface area contributed by atoms with E-state index < -0.39 is 5.82 Å². The number of phenolic OH excluding ortho intramolecular Hbond substituents is 1. The van der Waals surface area contributed by atoms with E-state index in [1.54, 1.807) is 35.4 Å². The van der Waals surface area contributed by atoms with Gasteiger partial charge in [-0.15, -0.1) is 6.42 Å². The second-order valence-corrected chi connectivity index (χ2v) is 10.3. The van der Waals surface area contributed by atoms with Crippen LogP contribution in [0.4, 0.5) is 10.3 Å². The monoisotopic (exact) mass is 538 g/mol. The molecule has 5 aromatic rings. The summed E-state index contributed by atoms with van der Waals surface area (Å²) >= 11 is 0. The van der Waals surface area contributed by atoms with Crippen LogP contribution in [0.15, 0.2) is 49.1 Å². The van der Waals surface area contributed by atoms with Crippen molar-refractivity contribution in [1.29, 1.82) is 0 Å². The van der Waals surface area contributed by atoms with Crippen LogP contribution in [0.5, 0.6) is 11.6 Å². The van der Waals surface area contributed by atoms with Crippen molar-refractivity contribution in [1.82, 2.24) is 34.6 Å². The molecule has 40 heavy (non-hydrogen) atoms. The van der Waals surface area contributed by atoms with E-state index in [9.17, 15) is 9.50 Å². The number of aromatic nitrogens is 6. The average Bonchev–Trinajstić information content (AvgIpc) is 3.69. The molecule has 2 atom stereocenters. The molecular formula is C29H27FN8O2. The second-order valence-electron chi connectivity index (χ2n) is 10.3. The summed E-state index contributed by atoms with van der Waals surface area (Å²) in [6.07, 6.45) is 13.2. The topological polar surface area (TPSA) is 106 Å². The first-order valence-electron chi connectivity index (χ1n) is 13.3. The van der Waals surface area contributed by atoms with Gasteiger partial charge in [-0.05, 0) is 48.1 Å². The summed E-state index contributed by atoms with van der Waals surface area (Å²) in [4.78, 5) is 16.6. The van der Waals surface area contributed by atoms with Crippen molar-refractivity contribution in [3.63, 3.8) is 0 Å². The number of nitrogens with one attached hydrogen (secondary N) is 1. The molecule has 2 aromatic carbocycles. The number of hydrogen-bond donors (Lipinski definition) is 2. The molecule has 7 rings (SSSR count). The minimum atomic E-state index is -0.483. The number of piperazine rings is 1. The highest BCUT2D eigenvalue weighted by molar-refractivity contribution is 5.92. The normalized spacial score (nSPS) is 18.4. The Bertz CT molecular complexity index is 1750. The molecule has 0 unspecified atom stereocenters. The minimum absolute atomic E-state index is 0.0655. The van der Waals surface area contributed by atoms with Gasteiger partial charge in [0.15, 0.2) is 11.2 Å². The third-order valence-corrected chi connectivity index (χ3v) is 7.66. The molecule has 0 radical (unpaired) electrons. The van der Waals surface area contributed by atoms with Crippen molar-refractivity contribution >= 4 is 27.9 Å². The standard InChI is InChI=1S/C29H27FN8O2/c1-2-23-24(30)7-4-18-12-22(39)13-19(25(18)23)14-37-17-31-26-27(37)34-29(36-15-20-5-6-21(16-36)33-20)35-28(26)40-11-10-38-9-3-8-32-38/h1,3-4,7-9,12-13,17,20-21,33,39H,5-6,10-11,14-16H2/t20-,21+. The van der Waals surface area contributed by atoms with Crippen LogP contribution in [0.25, 0.3) is 21.9 Å². The maximum atomic E-state index is 14.7. The first kappa shape index (κ1) is 24.4. The highest BCUT2D eigenvalue weighted by atomic mass is 19.1. The van der Waals surface area contributed by atoms with Gasteiger partial charge < -0.3 is 24.6 Å². The van der Waals surface area contributed by atoms with Crippen LogP contribution in [-0.4, -0.2) is 66.2 Å². The van der Waals surface area contributed by atoms with Crippen molar-refractivity contribution in [2.24, 2.45) is 0 Å². The number of fused-ring (bicyclic) bond motifs is 4. The van der Waals surface area contributed by atoms with E-state index in [0.717, 1.165) is 25.9 Å². The molecule has 2 aliphatic heterocycles. The van der Waals surface area contributed by atoms with E-state index >= 15 is 0 Å². The summed E-state index contributed by atoms with van der Waals surface area (Å²) in [6.45, 7) is 2.79. The van der Waals surface area contributed by atoms with Crippen LogP contribution >= 0.6 is 0 Å². The van der Waals surface area contributed by atoms with E-state index in [-0.39, 0.29) is 17.9 Å². The summed E-state index contributed by atoms with van der Waals surface area (Å²) in [5.74, 6) is 3.04. The molecule has 2 aliphatic rings. The van der Waals surface area contributed by atoms with Crippen molar-refractivity contribution in [2.75, 3.05) is 24.6 Å². The first-order valence-corrected chi connectivity index (χ1v) is 13.3. The zero-order valence-electron chi connectivity index (χ0n) is 21.7. The van der Waals surface area contributed by atoms with Crippen LogP contribution in [0.3, 0.4) is 0 Å². The number of rotatable bonds is 7. The van der Waals surface area contributed by atoms with Gasteiger partial charge in [0, 0.05) is 43.0 Å². The van der Waals surface area contributed by atoms with Crippen LogP contribution in [-0.2, 0) is 13.1 Å². The zero-order chi connectivity index (χ0) is 27.2. The molecule has 10 nitrogen and oxygen atoms in total. The lowest BCUT2D eigenvalue weighted by Crippen LogP contribution is -2.51. The lowest BCUT2D eigenvalue weighted by atomic mass is 9.98. The van der Waals surface area contributed by atoms with Gasteiger partial charge in [-0.25, -0.2) is 9.37 Å². The van der Waals surface area contributed by atoms with Crippen LogP contribution in [0.2, 0.25) is 0 Å². The molecule has 3 aromatic heterocycles. The summed E-state index contributed by atoms with van der Waals surface area (Å²) in [7, 11) is 0. The van der Waals surface area contributed by atoms with E-state index in [4.69, 9.17) is 21.1 Å². The summed E-state index contributed by atoms with van der Waals surface area (Å²) < 4.78 is 24.5.